The van der Waals surface area contributed by atoms with Gasteiger partial charge in [-0.15, -0.1) is 0 Å². The molecule has 0 spiro atoms. The average molecular weight is 244 g/mol. The molecule has 0 N–H and O–H groups in total. The molecule has 0 aromatic carbocycles. The normalized spacial score (nSPS) is 20.0. The van der Waals surface area contributed by atoms with Gasteiger partial charge >= 0.3 is 0 Å². The van der Waals surface area contributed by atoms with E-state index in [-0.39, 0.29) is 17.2 Å². The van der Waals surface area contributed by atoms with Gasteiger partial charge in [-0.3, -0.25) is 4.79 Å². The van der Waals surface area contributed by atoms with E-state index in [0.717, 1.165) is 19.4 Å². The van der Waals surface area contributed by atoms with Crippen LogP contribution in [0.3, 0.4) is 0 Å². The lowest BCUT2D eigenvalue weighted by Gasteiger charge is -2.20. The molecule has 0 radical (unpaired) electrons. The Bertz CT molecular complexity index is 371. The average Bonchev–Trinajstić information content (AvgIpc) is 2.88. The predicted molar refractivity (Wildman–Crippen MR) is 59.7 cm³/mol. The van der Waals surface area contributed by atoms with E-state index in [1.807, 2.05) is 0 Å². The molecule has 2 heterocycles. The van der Waals surface area contributed by atoms with E-state index in [1.165, 1.54) is 6.26 Å². The number of likely N-dealkylation sites (N-methyl/N-ethyl adjacent to an activating group) is 1. The maximum atomic E-state index is 11.9. The lowest BCUT2D eigenvalue weighted by molar-refractivity contribution is 0.0586. The second-order valence-electron chi connectivity index (χ2n) is 3.93. The first kappa shape index (κ1) is 11.5. The molecule has 4 nitrogen and oxygen atoms in total. The monoisotopic (exact) mass is 243 g/mol. The van der Waals surface area contributed by atoms with Crippen molar-refractivity contribution in [2.45, 2.75) is 18.9 Å². The van der Waals surface area contributed by atoms with Crippen molar-refractivity contribution in [3.05, 3.63) is 23.1 Å². The maximum Gasteiger partial charge on any atom is 0.258 e. The zero-order valence-corrected chi connectivity index (χ0v) is 9.87. The Morgan fingerprint density at radius 2 is 2.50 bits per heavy atom. The summed E-state index contributed by atoms with van der Waals surface area (Å²) in [6, 6.07) is 1.58. The molecule has 1 amide bonds. The molecule has 5 heteroatoms. The van der Waals surface area contributed by atoms with Crippen LogP contribution in [-0.2, 0) is 4.74 Å². The summed E-state index contributed by atoms with van der Waals surface area (Å²) in [6.07, 6.45) is 3.64. The molecule has 1 aromatic rings. The van der Waals surface area contributed by atoms with Crippen LogP contribution < -0.4 is 0 Å². The van der Waals surface area contributed by atoms with Gasteiger partial charge < -0.3 is 14.1 Å². The number of ether oxygens (including phenoxy) is 1. The number of rotatable bonds is 3. The number of carbonyl (C=O) groups is 1. The van der Waals surface area contributed by atoms with Gasteiger partial charge in [0, 0.05) is 20.2 Å². The highest BCUT2D eigenvalue weighted by atomic mass is 35.5. The number of hydrogen-bond donors (Lipinski definition) is 0. The smallest absolute Gasteiger partial charge is 0.258 e. The molecular formula is C11H14ClNO3. The molecule has 1 aliphatic rings. The van der Waals surface area contributed by atoms with Gasteiger partial charge in [-0.2, -0.15) is 0 Å². The van der Waals surface area contributed by atoms with Gasteiger partial charge in [0.15, 0.2) is 0 Å². The van der Waals surface area contributed by atoms with E-state index >= 15 is 0 Å². The molecule has 16 heavy (non-hydrogen) atoms. The Morgan fingerprint density at radius 1 is 1.69 bits per heavy atom. The van der Waals surface area contributed by atoms with Crippen molar-refractivity contribution in [1.82, 2.24) is 4.90 Å². The van der Waals surface area contributed by atoms with Crippen LogP contribution in [0.25, 0.3) is 0 Å². The largest absolute Gasteiger partial charge is 0.452 e. The van der Waals surface area contributed by atoms with E-state index in [4.69, 9.17) is 20.8 Å². The summed E-state index contributed by atoms with van der Waals surface area (Å²) >= 11 is 5.75. The van der Waals surface area contributed by atoms with Crippen molar-refractivity contribution in [2.75, 3.05) is 20.2 Å². The quantitative estimate of drug-likeness (QED) is 0.817. The van der Waals surface area contributed by atoms with Gasteiger partial charge in [0.2, 0.25) is 5.22 Å². The Kier molecular flexibility index (Phi) is 3.51. The number of amides is 1. The summed E-state index contributed by atoms with van der Waals surface area (Å²) in [4.78, 5) is 13.6. The van der Waals surface area contributed by atoms with Gasteiger partial charge in [-0.1, -0.05) is 0 Å². The molecule has 0 saturated carbocycles. The van der Waals surface area contributed by atoms with Crippen LogP contribution in [0, 0.1) is 0 Å². The SMILES string of the molecule is CN(CC1CCCO1)C(=O)c1ccoc1Cl. The molecule has 1 saturated heterocycles. The first-order valence-corrected chi connectivity index (χ1v) is 5.66. The number of furan rings is 1. The minimum atomic E-state index is -0.130. The van der Waals surface area contributed by atoms with Crippen molar-refractivity contribution in [2.24, 2.45) is 0 Å². The van der Waals surface area contributed by atoms with Crippen LogP contribution in [-0.4, -0.2) is 37.1 Å². The molecule has 2 rings (SSSR count). The van der Waals surface area contributed by atoms with E-state index in [1.54, 1.807) is 18.0 Å². The van der Waals surface area contributed by atoms with E-state index in [2.05, 4.69) is 0 Å². The van der Waals surface area contributed by atoms with E-state index < -0.39 is 0 Å². The summed E-state index contributed by atoms with van der Waals surface area (Å²) < 4.78 is 10.4. The predicted octanol–water partition coefficient (Wildman–Crippen LogP) is 2.18. The molecule has 0 aliphatic carbocycles. The molecule has 88 valence electrons. The zero-order valence-electron chi connectivity index (χ0n) is 9.11. The third kappa shape index (κ3) is 2.39. The first-order chi connectivity index (χ1) is 7.68. The molecule has 1 fully saturated rings. The van der Waals surface area contributed by atoms with Crippen LogP contribution in [0.4, 0.5) is 0 Å². The summed E-state index contributed by atoms with van der Waals surface area (Å²) in [5.74, 6) is -0.130. The van der Waals surface area contributed by atoms with Crippen LogP contribution in [0.15, 0.2) is 16.7 Å². The summed E-state index contributed by atoms with van der Waals surface area (Å²) in [5.41, 5.74) is 0.405. The van der Waals surface area contributed by atoms with Crippen molar-refractivity contribution in [1.29, 1.82) is 0 Å². The minimum Gasteiger partial charge on any atom is -0.452 e. The lowest BCUT2D eigenvalue weighted by Crippen LogP contribution is -2.33. The highest BCUT2D eigenvalue weighted by molar-refractivity contribution is 6.32. The summed E-state index contributed by atoms with van der Waals surface area (Å²) in [7, 11) is 1.74. The van der Waals surface area contributed by atoms with Gasteiger partial charge in [0.1, 0.15) is 0 Å². The highest BCUT2D eigenvalue weighted by Crippen LogP contribution is 2.19. The standard InChI is InChI=1S/C11H14ClNO3/c1-13(7-8-3-2-5-15-8)11(14)9-4-6-16-10(9)12/h4,6,8H,2-3,5,7H2,1H3. The number of nitrogens with zero attached hydrogens (tertiary/aromatic N) is 1. The lowest BCUT2D eigenvalue weighted by atomic mass is 10.2. The molecule has 1 aromatic heterocycles. The molecule has 1 unspecified atom stereocenters. The molecular weight excluding hydrogens is 230 g/mol. The summed E-state index contributed by atoms with van der Waals surface area (Å²) in [5, 5.41) is 0.143. The van der Waals surface area contributed by atoms with Gasteiger partial charge in [-0.05, 0) is 30.5 Å². The van der Waals surface area contributed by atoms with Crippen LogP contribution in [0.1, 0.15) is 23.2 Å². The number of hydrogen-bond acceptors (Lipinski definition) is 3. The minimum absolute atomic E-state index is 0.130. The van der Waals surface area contributed by atoms with Crippen LogP contribution in [0.5, 0.6) is 0 Å². The van der Waals surface area contributed by atoms with Gasteiger partial charge in [-0.25, -0.2) is 0 Å². The molecule has 1 atom stereocenters. The van der Waals surface area contributed by atoms with Gasteiger partial charge in [0.25, 0.3) is 5.91 Å². The van der Waals surface area contributed by atoms with E-state index in [0.29, 0.717) is 12.1 Å². The second kappa shape index (κ2) is 4.89. The Hall–Kier alpha value is -1.00. The van der Waals surface area contributed by atoms with Crippen LogP contribution >= 0.6 is 11.6 Å². The van der Waals surface area contributed by atoms with Gasteiger partial charge in [0.05, 0.1) is 17.9 Å². The maximum absolute atomic E-state index is 11.9. The topological polar surface area (TPSA) is 42.7 Å². The van der Waals surface area contributed by atoms with Crippen molar-refractivity contribution in [3.63, 3.8) is 0 Å². The fourth-order valence-corrected chi connectivity index (χ4v) is 2.02. The Balaban J connectivity index is 1.96. The van der Waals surface area contributed by atoms with Crippen molar-refractivity contribution in [3.8, 4) is 0 Å². The number of halogens is 1. The van der Waals surface area contributed by atoms with Crippen LogP contribution in [0.2, 0.25) is 5.22 Å². The Morgan fingerprint density at radius 3 is 3.06 bits per heavy atom. The fourth-order valence-electron chi connectivity index (χ4n) is 1.83. The summed E-state index contributed by atoms with van der Waals surface area (Å²) in [6.45, 7) is 1.39. The zero-order chi connectivity index (χ0) is 11.5. The first-order valence-electron chi connectivity index (χ1n) is 5.28. The Labute approximate surface area is 99.1 Å². The fraction of sp³-hybridized carbons (Fsp3) is 0.545. The third-order valence-electron chi connectivity index (χ3n) is 2.70. The second-order valence-corrected chi connectivity index (χ2v) is 4.27. The highest BCUT2D eigenvalue weighted by Gasteiger charge is 2.22. The third-order valence-corrected chi connectivity index (χ3v) is 2.99. The molecule has 1 aliphatic heterocycles. The van der Waals surface area contributed by atoms with Crippen molar-refractivity contribution < 1.29 is 13.9 Å². The molecule has 0 bridgehead atoms. The van der Waals surface area contributed by atoms with Crippen molar-refractivity contribution >= 4 is 17.5 Å². The number of carbonyl (C=O) groups excluding carboxylic acids is 1. The van der Waals surface area contributed by atoms with E-state index in [9.17, 15) is 4.79 Å².